The van der Waals surface area contributed by atoms with Gasteiger partial charge < -0.3 is 27.4 Å². The van der Waals surface area contributed by atoms with E-state index >= 15 is 0 Å². The summed E-state index contributed by atoms with van der Waals surface area (Å²) in [5.74, 6) is -1.86. The van der Waals surface area contributed by atoms with Crippen LogP contribution in [-0.4, -0.2) is 40.8 Å². The molecular formula is C10H23N3O4. The second-order valence-electron chi connectivity index (χ2n) is 3.98. The minimum absolute atomic E-state index is 0.0208. The van der Waals surface area contributed by atoms with Crippen molar-refractivity contribution in [1.29, 1.82) is 0 Å². The number of hydrogen-bond acceptors (Lipinski definition) is 5. The first-order chi connectivity index (χ1) is 7.73. The summed E-state index contributed by atoms with van der Waals surface area (Å²) >= 11 is 0. The van der Waals surface area contributed by atoms with Crippen molar-refractivity contribution in [3.63, 3.8) is 0 Å². The van der Waals surface area contributed by atoms with E-state index in [1.807, 2.05) is 0 Å². The molecule has 0 aromatic heterocycles. The first-order valence-electron chi connectivity index (χ1n) is 5.40. The summed E-state index contributed by atoms with van der Waals surface area (Å²) in [5, 5.41) is 16.5. The Hall–Kier alpha value is -1.18. The lowest BCUT2D eigenvalue weighted by molar-refractivity contribution is -0.140. The van der Waals surface area contributed by atoms with Gasteiger partial charge >= 0.3 is 11.9 Å². The molecule has 0 saturated carbocycles. The van der Waals surface area contributed by atoms with E-state index in [1.54, 1.807) is 13.8 Å². The fraction of sp³-hybridized carbons (Fsp3) is 0.800. The third-order valence-electron chi connectivity index (χ3n) is 2.04. The van der Waals surface area contributed by atoms with Crippen LogP contribution in [0.4, 0.5) is 0 Å². The standard InChI is InChI=1S/C5H12N2O2.C5H11NO2/c6-3-1-2-4(7)5(8)9;1-3(2)4(6)5(7)8/h4H,1-3,6-7H2,(H,8,9);3-4H,6H2,1-2H3,(H,7,8). The minimum Gasteiger partial charge on any atom is -0.480 e. The largest absolute Gasteiger partial charge is 0.480 e. The summed E-state index contributed by atoms with van der Waals surface area (Å²) in [6.45, 7) is 4.05. The predicted octanol–water partition coefficient (Wildman–Crippen LogP) is -0.808. The monoisotopic (exact) mass is 249 g/mol. The maximum absolute atomic E-state index is 10.0. The van der Waals surface area contributed by atoms with Crippen LogP contribution in [0.3, 0.4) is 0 Å². The SMILES string of the molecule is CC(C)C(N)C(=O)O.NCCCC(N)C(=O)O. The van der Waals surface area contributed by atoms with Gasteiger partial charge in [0.25, 0.3) is 0 Å². The molecule has 0 aliphatic rings. The molecule has 7 nitrogen and oxygen atoms in total. The number of carboxylic acids is 2. The molecule has 2 unspecified atom stereocenters. The highest BCUT2D eigenvalue weighted by atomic mass is 16.4. The summed E-state index contributed by atoms with van der Waals surface area (Å²) in [5.41, 5.74) is 15.4. The molecule has 0 aromatic carbocycles. The number of hydrogen-bond donors (Lipinski definition) is 5. The van der Waals surface area contributed by atoms with E-state index in [9.17, 15) is 9.59 Å². The zero-order valence-corrected chi connectivity index (χ0v) is 10.3. The molecule has 2 atom stereocenters. The average Bonchev–Trinajstić information content (AvgIpc) is 2.25. The Kier molecular flexibility index (Phi) is 10.7. The topological polar surface area (TPSA) is 153 Å². The van der Waals surface area contributed by atoms with Crippen LogP contribution in [-0.2, 0) is 9.59 Å². The van der Waals surface area contributed by atoms with Crippen LogP contribution >= 0.6 is 0 Å². The van der Waals surface area contributed by atoms with Crippen molar-refractivity contribution < 1.29 is 19.8 Å². The van der Waals surface area contributed by atoms with Crippen molar-refractivity contribution in [3.05, 3.63) is 0 Å². The van der Waals surface area contributed by atoms with Crippen LogP contribution < -0.4 is 17.2 Å². The van der Waals surface area contributed by atoms with Gasteiger partial charge in [0.2, 0.25) is 0 Å². The quantitative estimate of drug-likeness (QED) is 0.412. The lowest BCUT2D eigenvalue weighted by atomic mass is 10.1. The van der Waals surface area contributed by atoms with Crippen LogP contribution in [0.15, 0.2) is 0 Å². The Morgan fingerprint density at radius 3 is 1.76 bits per heavy atom. The van der Waals surface area contributed by atoms with E-state index in [0.717, 1.165) is 0 Å². The molecule has 17 heavy (non-hydrogen) atoms. The molecule has 0 bridgehead atoms. The van der Waals surface area contributed by atoms with Gasteiger partial charge in [-0.2, -0.15) is 0 Å². The molecule has 7 heteroatoms. The van der Waals surface area contributed by atoms with Crippen molar-refractivity contribution in [2.75, 3.05) is 6.54 Å². The molecule has 8 N–H and O–H groups in total. The van der Waals surface area contributed by atoms with Crippen LogP contribution in [0.25, 0.3) is 0 Å². The van der Waals surface area contributed by atoms with Gasteiger partial charge in [-0.1, -0.05) is 13.8 Å². The highest BCUT2D eigenvalue weighted by molar-refractivity contribution is 5.73. The van der Waals surface area contributed by atoms with Crippen LogP contribution in [0.5, 0.6) is 0 Å². The Labute approximate surface area is 101 Å². The van der Waals surface area contributed by atoms with E-state index in [-0.39, 0.29) is 5.92 Å². The Morgan fingerprint density at radius 1 is 1.12 bits per heavy atom. The maximum atomic E-state index is 10.0. The van der Waals surface area contributed by atoms with Gasteiger partial charge in [-0.15, -0.1) is 0 Å². The van der Waals surface area contributed by atoms with E-state index in [0.29, 0.717) is 19.4 Å². The van der Waals surface area contributed by atoms with E-state index in [2.05, 4.69) is 0 Å². The molecule has 0 aliphatic carbocycles. The van der Waals surface area contributed by atoms with Gasteiger partial charge in [0, 0.05) is 0 Å². The van der Waals surface area contributed by atoms with Crippen molar-refractivity contribution in [1.82, 2.24) is 0 Å². The summed E-state index contributed by atoms with van der Waals surface area (Å²) in [4.78, 5) is 20.1. The zero-order valence-electron chi connectivity index (χ0n) is 10.3. The fourth-order valence-electron chi connectivity index (χ4n) is 0.746. The number of carboxylic acid groups (broad SMARTS) is 2. The van der Waals surface area contributed by atoms with Gasteiger partial charge in [-0.05, 0) is 25.3 Å². The second-order valence-corrected chi connectivity index (χ2v) is 3.98. The van der Waals surface area contributed by atoms with Crippen LogP contribution in [0.2, 0.25) is 0 Å². The first kappa shape index (κ1) is 18.2. The lowest BCUT2D eigenvalue weighted by Gasteiger charge is -2.07. The molecule has 0 heterocycles. The molecule has 102 valence electrons. The highest BCUT2D eigenvalue weighted by Gasteiger charge is 2.14. The van der Waals surface area contributed by atoms with Crippen molar-refractivity contribution in [3.8, 4) is 0 Å². The van der Waals surface area contributed by atoms with Gasteiger partial charge in [0.15, 0.2) is 0 Å². The van der Waals surface area contributed by atoms with Crippen molar-refractivity contribution in [2.24, 2.45) is 23.1 Å². The van der Waals surface area contributed by atoms with Crippen molar-refractivity contribution in [2.45, 2.75) is 38.8 Å². The number of aliphatic carboxylic acids is 2. The van der Waals surface area contributed by atoms with E-state index < -0.39 is 24.0 Å². The van der Waals surface area contributed by atoms with Crippen LogP contribution in [0, 0.1) is 5.92 Å². The first-order valence-corrected chi connectivity index (χ1v) is 5.40. The van der Waals surface area contributed by atoms with Gasteiger partial charge in [0.1, 0.15) is 12.1 Å². The molecule has 0 saturated heterocycles. The lowest BCUT2D eigenvalue weighted by Crippen LogP contribution is -2.34. The molecule has 0 aromatic rings. The zero-order chi connectivity index (χ0) is 14.0. The third kappa shape index (κ3) is 11.1. The second kappa shape index (κ2) is 10.0. The van der Waals surface area contributed by atoms with E-state index in [1.165, 1.54) is 0 Å². The summed E-state index contributed by atoms with van der Waals surface area (Å²) in [6, 6.07) is -1.46. The summed E-state index contributed by atoms with van der Waals surface area (Å²) in [6.07, 6.45) is 1.14. The van der Waals surface area contributed by atoms with Gasteiger partial charge in [-0.3, -0.25) is 9.59 Å². The van der Waals surface area contributed by atoms with E-state index in [4.69, 9.17) is 27.4 Å². The highest BCUT2D eigenvalue weighted by Crippen LogP contribution is 1.96. The Bertz CT molecular complexity index is 234. The third-order valence-corrected chi connectivity index (χ3v) is 2.04. The minimum atomic E-state index is -0.955. The molecule has 0 spiro atoms. The molecular weight excluding hydrogens is 226 g/mol. The van der Waals surface area contributed by atoms with Crippen molar-refractivity contribution >= 4 is 11.9 Å². The van der Waals surface area contributed by atoms with Gasteiger partial charge in [0.05, 0.1) is 0 Å². The van der Waals surface area contributed by atoms with Gasteiger partial charge in [-0.25, -0.2) is 0 Å². The number of carbonyl (C=O) groups is 2. The maximum Gasteiger partial charge on any atom is 0.320 e. The number of rotatable bonds is 6. The fourth-order valence-corrected chi connectivity index (χ4v) is 0.746. The smallest absolute Gasteiger partial charge is 0.320 e. The Balaban J connectivity index is 0. The normalized spacial score (nSPS) is 13.5. The average molecular weight is 249 g/mol. The predicted molar refractivity (Wildman–Crippen MR) is 64.3 cm³/mol. The Morgan fingerprint density at radius 2 is 1.59 bits per heavy atom. The summed E-state index contributed by atoms with van der Waals surface area (Å²) in [7, 11) is 0. The van der Waals surface area contributed by atoms with Crippen LogP contribution in [0.1, 0.15) is 26.7 Å². The molecule has 0 aliphatic heterocycles. The summed E-state index contributed by atoms with van der Waals surface area (Å²) < 4.78 is 0. The molecule has 0 radical (unpaired) electrons. The molecule has 0 rings (SSSR count). The molecule has 0 amide bonds. The number of nitrogens with two attached hydrogens (primary N) is 3. The molecule has 0 fully saturated rings.